The first-order valence-corrected chi connectivity index (χ1v) is 16.2. The summed E-state index contributed by atoms with van der Waals surface area (Å²) in [6.07, 6.45) is 0. The van der Waals surface area contributed by atoms with Gasteiger partial charge < -0.3 is 4.90 Å². The molecular formula is C46H31N. The van der Waals surface area contributed by atoms with Crippen LogP contribution in [0.1, 0.15) is 0 Å². The lowest BCUT2D eigenvalue weighted by atomic mass is 9.95. The molecule has 1 nitrogen and oxygen atoms in total. The van der Waals surface area contributed by atoms with Crippen LogP contribution < -0.4 is 4.90 Å². The van der Waals surface area contributed by atoms with Gasteiger partial charge in [-0.3, -0.25) is 0 Å². The molecule has 9 aromatic carbocycles. The van der Waals surface area contributed by atoms with Crippen molar-refractivity contribution in [2.24, 2.45) is 0 Å². The number of benzene rings is 9. The summed E-state index contributed by atoms with van der Waals surface area (Å²) in [5, 5.41) is 10.0. The van der Waals surface area contributed by atoms with Gasteiger partial charge in [0.1, 0.15) is 0 Å². The molecule has 0 amide bonds. The second kappa shape index (κ2) is 11.3. The van der Waals surface area contributed by atoms with Crippen LogP contribution >= 0.6 is 0 Å². The Morgan fingerprint density at radius 3 is 1.32 bits per heavy atom. The average molecular weight is 598 g/mol. The normalized spacial score (nSPS) is 11.4. The Bertz CT molecular complexity index is 2450. The van der Waals surface area contributed by atoms with Crippen molar-refractivity contribution in [1.29, 1.82) is 0 Å². The number of nitrogens with zero attached hydrogens (tertiary/aromatic N) is 1. The predicted molar refractivity (Wildman–Crippen MR) is 202 cm³/mol. The van der Waals surface area contributed by atoms with Gasteiger partial charge in [-0.05, 0) is 96.2 Å². The molecule has 0 fully saturated rings. The van der Waals surface area contributed by atoms with E-state index >= 15 is 0 Å². The molecule has 0 bridgehead atoms. The standard InChI is InChI=1S/C46H31N/c1-3-11-32(12-4-1)36-23-28-46(45(31-36)33-13-5-2-6-14-33)47(39-24-26-43-37(29-39)21-19-34-15-7-9-17-41(34)43)40-25-27-44-38(30-40)22-20-35-16-8-10-18-42(35)44/h1-31H. The van der Waals surface area contributed by atoms with Crippen molar-refractivity contribution in [2.75, 3.05) is 4.90 Å². The Morgan fingerprint density at radius 2 is 0.745 bits per heavy atom. The minimum absolute atomic E-state index is 1.12. The number of rotatable bonds is 5. The van der Waals surface area contributed by atoms with Gasteiger partial charge in [0.2, 0.25) is 0 Å². The maximum atomic E-state index is 2.43. The van der Waals surface area contributed by atoms with E-state index in [1.165, 1.54) is 65.3 Å². The van der Waals surface area contributed by atoms with E-state index in [0.717, 1.165) is 17.1 Å². The van der Waals surface area contributed by atoms with Crippen molar-refractivity contribution in [3.8, 4) is 22.3 Å². The van der Waals surface area contributed by atoms with Gasteiger partial charge in [0.25, 0.3) is 0 Å². The van der Waals surface area contributed by atoms with E-state index in [9.17, 15) is 0 Å². The lowest BCUT2D eigenvalue weighted by Gasteiger charge is -2.29. The first kappa shape index (κ1) is 27.2. The molecule has 0 aliphatic rings. The fourth-order valence-corrected chi connectivity index (χ4v) is 7.10. The Hall–Kier alpha value is -6.18. The van der Waals surface area contributed by atoms with Gasteiger partial charge in [-0.2, -0.15) is 0 Å². The van der Waals surface area contributed by atoms with Gasteiger partial charge in [-0.1, -0.05) is 152 Å². The maximum absolute atomic E-state index is 2.43. The molecule has 0 saturated heterocycles. The first-order valence-electron chi connectivity index (χ1n) is 16.2. The van der Waals surface area contributed by atoms with Crippen LogP contribution in [-0.2, 0) is 0 Å². The molecule has 0 heterocycles. The first-order chi connectivity index (χ1) is 23.3. The Labute approximate surface area is 274 Å². The van der Waals surface area contributed by atoms with Crippen molar-refractivity contribution in [3.05, 3.63) is 188 Å². The van der Waals surface area contributed by atoms with Crippen LogP contribution in [0.3, 0.4) is 0 Å². The molecule has 0 atom stereocenters. The summed E-state index contributed by atoms with van der Waals surface area (Å²) in [5.41, 5.74) is 8.15. The molecule has 0 aliphatic carbocycles. The summed E-state index contributed by atoms with van der Waals surface area (Å²) in [6.45, 7) is 0. The van der Waals surface area contributed by atoms with E-state index in [-0.39, 0.29) is 0 Å². The van der Waals surface area contributed by atoms with Crippen LogP contribution in [0, 0.1) is 0 Å². The summed E-state index contributed by atoms with van der Waals surface area (Å²) in [7, 11) is 0. The summed E-state index contributed by atoms with van der Waals surface area (Å²) in [5.74, 6) is 0. The van der Waals surface area contributed by atoms with Gasteiger partial charge in [0.05, 0.1) is 5.69 Å². The molecule has 220 valence electrons. The summed E-state index contributed by atoms with van der Waals surface area (Å²) in [4.78, 5) is 2.43. The van der Waals surface area contributed by atoms with Crippen molar-refractivity contribution in [2.45, 2.75) is 0 Å². The van der Waals surface area contributed by atoms with Crippen molar-refractivity contribution < 1.29 is 0 Å². The molecule has 0 radical (unpaired) electrons. The van der Waals surface area contributed by atoms with Crippen LogP contribution in [0.5, 0.6) is 0 Å². The molecule has 0 aromatic heterocycles. The largest absolute Gasteiger partial charge is 0.310 e. The minimum Gasteiger partial charge on any atom is -0.310 e. The van der Waals surface area contributed by atoms with Crippen LogP contribution in [0.25, 0.3) is 65.3 Å². The van der Waals surface area contributed by atoms with E-state index in [2.05, 4.69) is 193 Å². The molecule has 9 aromatic rings. The Balaban J connectivity index is 1.30. The highest BCUT2D eigenvalue weighted by Gasteiger charge is 2.19. The van der Waals surface area contributed by atoms with E-state index in [1.54, 1.807) is 0 Å². The third kappa shape index (κ3) is 4.81. The SMILES string of the molecule is c1ccc(-c2ccc(N(c3ccc4c(ccc5ccccc54)c3)c3ccc4c(ccc5ccccc54)c3)c(-c3ccccc3)c2)cc1. The van der Waals surface area contributed by atoms with E-state index in [4.69, 9.17) is 0 Å². The van der Waals surface area contributed by atoms with E-state index < -0.39 is 0 Å². The summed E-state index contributed by atoms with van der Waals surface area (Å²) >= 11 is 0. The fourth-order valence-electron chi connectivity index (χ4n) is 7.10. The van der Waals surface area contributed by atoms with Crippen molar-refractivity contribution in [1.82, 2.24) is 0 Å². The maximum Gasteiger partial charge on any atom is 0.0540 e. The fraction of sp³-hybridized carbons (Fsp3) is 0. The van der Waals surface area contributed by atoms with Gasteiger partial charge >= 0.3 is 0 Å². The molecule has 1 heteroatoms. The lowest BCUT2D eigenvalue weighted by molar-refractivity contribution is 1.29. The smallest absolute Gasteiger partial charge is 0.0540 e. The third-order valence-electron chi connectivity index (χ3n) is 9.40. The summed E-state index contributed by atoms with van der Waals surface area (Å²) < 4.78 is 0. The minimum atomic E-state index is 1.12. The zero-order valence-corrected chi connectivity index (χ0v) is 25.8. The third-order valence-corrected chi connectivity index (χ3v) is 9.40. The second-order valence-electron chi connectivity index (χ2n) is 12.2. The molecule has 47 heavy (non-hydrogen) atoms. The zero-order chi connectivity index (χ0) is 31.2. The number of hydrogen-bond acceptors (Lipinski definition) is 1. The highest BCUT2D eigenvalue weighted by Crippen LogP contribution is 2.44. The zero-order valence-electron chi connectivity index (χ0n) is 25.8. The molecule has 0 unspecified atom stereocenters. The molecule has 0 saturated carbocycles. The average Bonchev–Trinajstić information content (AvgIpc) is 3.15. The molecule has 0 aliphatic heterocycles. The van der Waals surface area contributed by atoms with Gasteiger partial charge in [-0.25, -0.2) is 0 Å². The van der Waals surface area contributed by atoms with Crippen LogP contribution in [-0.4, -0.2) is 0 Å². The highest BCUT2D eigenvalue weighted by molar-refractivity contribution is 6.10. The van der Waals surface area contributed by atoms with Gasteiger partial charge in [0, 0.05) is 16.9 Å². The van der Waals surface area contributed by atoms with Crippen LogP contribution in [0.15, 0.2) is 188 Å². The van der Waals surface area contributed by atoms with Crippen LogP contribution in [0.2, 0.25) is 0 Å². The van der Waals surface area contributed by atoms with Gasteiger partial charge in [0.15, 0.2) is 0 Å². The lowest BCUT2D eigenvalue weighted by Crippen LogP contribution is -2.11. The molecule has 9 rings (SSSR count). The van der Waals surface area contributed by atoms with Crippen LogP contribution in [0.4, 0.5) is 17.1 Å². The summed E-state index contributed by atoms with van der Waals surface area (Å²) in [6, 6.07) is 68.4. The van der Waals surface area contributed by atoms with E-state index in [1.807, 2.05) is 0 Å². The van der Waals surface area contributed by atoms with E-state index in [0.29, 0.717) is 0 Å². The number of hydrogen-bond donors (Lipinski definition) is 0. The number of fused-ring (bicyclic) bond motifs is 6. The Morgan fingerprint density at radius 1 is 0.277 bits per heavy atom. The monoisotopic (exact) mass is 597 g/mol. The topological polar surface area (TPSA) is 3.24 Å². The predicted octanol–water partition coefficient (Wildman–Crippen LogP) is 13.1. The molecule has 0 spiro atoms. The highest BCUT2D eigenvalue weighted by atomic mass is 15.1. The quantitative estimate of drug-likeness (QED) is 0.178. The molecule has 0 N–H and O–H groups in total. The van der Waals surface area contributed by atoms with Gasteiger partial charge in [-0.15, -0.1) is 0 Å². The Kier molecular flexibility index (Phi) is 6.54. The van der Waals surface area contributed by atoms with Crippen molar-refractivity contribution >= 4 is 60.2 Å². The van der Waals surface area contributed by atoms with Crippen molar-refractivity contribution in [3.63, 3.8) is 0 Å². The number of anilines is 3. The molecular weight excluding hydrogens is 567 g/mol. The second-order valence-corrected chi connectivity index (χ2v) is 12.2.